The van der Waals surface area contributed by atoms with Crippen molar-refractivity contribution in [3.63, 3.8) is 0 Å². The van der Waals surface area contributed by atoms with Crippen molar-refractivity contribution in [1.82, 2.24) is 16.0 Å². The van der Waals surface area contributed by atoms with E-state index in [1.165, 1.54) is 0 Å². The lowest BCUT2D eigenvalue weighted by atomic mass is 9.80. The molecular weight excluding hydrogens is 516 g/mol. The molecule has 1 unspecified atom stereocenters. The first-order valence-electron chi connectivity index (χ1n) is 13.2. The average Bonchev–Trinajstić information content (AvgIpc) is 2.96. The molecule has 0 spiro atoms. The van der Waals surface area contributed by atoms with Crippen LogP contribution in [0, 0.1) is 0 Å². The van der Waals surface area contributed by atoms with Gasteiger partial charge in [0.1, 0.15) is 11.6 Å². The van der Waals surface area contributed by atoms with Crippen LogP contribution < -0.4 is 21.7 Å². The maximum Gasteiger partial charge on any atom is 0.252 e. The van der Waals surface area contributed by atoms with Crippen LogP contribution >= 0.6 is 12.4 Å². The molecule has 0 aromatic heterocycles. The standard InChI is InChI=1S/C30H36N4O4.ClH/c31-19-25(35)20-32-28(37)26(18-21-13-14-22-9-5-6-12-24(22)17-21)33-29(38)30(15-7-2-8-16-30)34-27(36)23-10-3-1-4-11-23;/h1,3-6,9-14,17,25-26,35H,2,7-8,15-16,18-20,31H2,(H,32,37)(H,33,38)(H,34,36);1H/t25?,26-;/m1./s1. The van der Waals surface area contributed by atoms with E-state index in [0.717, 1.165) is 35.6 Å². The Kier molecular flexibility index (Phi) is 10.9. The van der Waals surface area contributed by atoms with Crippen molar-refractivity contribution in [3.8, 4) is 0 Å². The first kappa shape index (κ1) is 30.1. The molecule has 1 fully saturated rings. The van der Waals surface area contributed by atoms with Crippen LogP contribution in [0.1, 0.15) is 48.0 Å². The minimum Gasteiger partial charge on any atom is -0.390 e. The van der Waals surface area contributed by atoms with Crippen LogP contribution in [0.2, 0.25) is 0 Å². The molecule has 1 saturated carbocycles. The number of halogens is 1. The van der Waals surface area contributed by atoms with E-state index in [9.17, 15) is 19.5 Å². The largest absolute Gasteiger partial charge is 0.390 e. The number of amides is 3. The molecule has 8 nitrogen and oxygen atoms in total. The molecule has 9 heteroatoms. The maximum atomic E-state index is 13.8. The van der Waals surface area contributed by atoms with Gasteiger partial charge in [0.05, 0.1) is 6.10 Å². The molecule has 0 saturated heterocycles. The van der Waals surface area contributed by atoms with Gasteiger partial charge in [0.15, 0.2) is 0 Å². The normalized spacial score (nSPS) is 15.8. The van der Waals surface area contributed by atoms with Crippen LogP contribution in [0.25, 0.3) is 10.8 Å². The molecule has 3 aromatic rings. The monoisotopic (exact) mass is 552 g/mol. The van der Waals surface area contributed by atoms with Crippen LogP contribution in [0.3, 0.4) is 0 Å². The summed E-state index contributed by atoms with van der Waals surface area (Å²) in [6, 6.07) is 21.8. The Hall–Kier alpha value is -3.46. The number of aliphatic hydroxyl groups excluding tert-OH is 1. The molecule has 0 heterocycles. The van der Waals surface area contributed by atoms with Gasteiger partial charge in [0.2, 0.25) is 11.8 Å². The Bertz CT molecular complexity index is 1260. The number of carbonyl (C=O) groups is 3. The molecule has 6 N–H and O–H groups in total. The number of carbonyl (C=O) groups excluding carboxylic acids is 3. The first-order chi connectivity index (χ1) is 18.4. The molecule has 0 aliphatic heterocycles. The van der Waals surface area contributed by atoms with E-state index < -0.39 is 23.6 Å². The first-order valence-corrected chi connectivity index (χ1v) is 13.2. The van der Waals surface area contributed by atoms with E-state index in [4.69, 9.17) is 5.73 Å². The third-order valence-electron chi connectivity index (χ3n) is 7.19. The van der Waals surface area contributed by atoms with Gasteiger partial charge in [-0.1, -0.05) is 79.9 Å². The average molecular weight is 553 g/mol. The van der Waals surface area contributed by atoms with Gasteiger partial charge in [0, 0.05) is 25.1 Å². The van der Waals surface area contributed by atoms with Crippen LogP contribution in [0.15, 0.2) is 72.8 Å². The molecular formula is C30H37ClN4O4. The number of benzene rings is 3. The van der Waals surface area contributed by atoms with E-state index in [2.05, 4.69) is 16.0 Å². The zero-order valence-electron chi connectivity index (χ0n) is 21.9. The minimum atomic E-state index is -1.11. The topological polar surface area (TPSA) is 134 Å². The van der Waals surface area contributed by atoms with Gasteiger partial charge in [-0.15, -0.1) is 12.4 Å². The van der Waals surface area contributed by atoms with Gasteiger partial charge in [-0.25, -0.2) is 0 Å². The summed E-state index contributed by atoms with van der Waals surface area (Å²) in [6.45, 7) is -0.00802. The van der Waals surface area contributed by atoms with Crippen molar-refractivity contribution in [1.29, 1.82) is 0 Å². The van der Waals surface area contributed by atoms with E-state index in [1.54, 1.807) is 24.3 Å². The number of fused-ring (bicyclic) bond motifs is 1. The van der Waals surface area contributed by atoms with E-state index in [1.807, 2.05) is 48.5 Å². The van der Waals surface area contributed by atoms with Gasteiger partial charge in [0.25, 0.3) is 5.91 Å². The quantitative estimate of drug-likeness (QED) is 0.264. The highest BCUT2D eigenvalue weighted by atomic mass is 35.5. The second kappa shape index (κ2) is 14.1. The lowest BCUT2D eigenvalue weighted by Crippen LogP contribution is -2.63. The fourth-order valence-electron chi connectivity index (χ4n) is 4.98. The summed E-state index contributed by atoms with van der Waals surface area (Å²) < 4.78 is 0. The Morgan fingerprint density at radius 2 is 1.56 bits per heavy atom. The van der Waals surface area contributed by atoms with Crippen molar-refractivity contribution >= 4 is 40.9 Å². The second-order valence-corrected chi connectivity index (χ2v) is 10.0. The number of hydrogen-bond acceptors (Lipinski definition) is 5. The highest BCUT2D eigenvalue weighted by Gasteiger charge is 2.42. The second-order valence-electron chi connectivity index (χ2n) is 10.0. The molecule has 39 heavy (non-hydrogen) atoms. The van der Waals surface area contributed by atoms with Crippen molar-refractivity contribution < 1.29 is 19.5 Å². The van der Waals surface area contributed by atoms with Crippen LogP contribution in [0.4, 0.5) is 0 Å². The SMILES string of the molecule is Cl.NCC(O)CNC(=O)[C@@H](Cc1ccc2ccccc2c1)NC(=O)C1(NC(=O)c2ccccc2)CCCCC1. The van der Waals surface area contributed by atoms with Crippen LogP contribution in [-0.4, -0.2) is 53.6 Å². The molecule has 1 aliphatic rings. The molecule has 208 valence electrons. The van der Waals surface area contributed by atoms with Crippen LogP contribution in [-0.2, 0) is 16.0 Å². The summed E-state index contributed by atoms with van der Waals surface area (Å²) in [5.74, 6) is -1.11. The molecule has 3 amide bonds. The summed E-state index contributed by atoms with van der Waals surface area (Å²) in [7, 11) is 0. The van der Waals surface area contributed by atoms with E-state index >= 15 is 0 Å². The highest BCUT2D eigenvalue weighted by molar-refractivity contribution is 6.00. The summed E-state index contributed by atoms with van der Waals surface area (Å²) in [5.41, 5.74) is 5.74. The lowest BCUT2D eigenvalue weighted by Gasteiger charge is -2.37. The van der Waals surface area contributed by atoms with E-state index in [0.29, 0.717) is 18.4 Å². The third kappa shape index (κ3) is 7.79. The Labute approximate surface area is 235 Å². The summed E-state index contributed by atoms with van der Waals surface area (Å²) >= 11 is 0. The fraction of sp³-hybridized carbons (Fsp3) is 0.367. The number of hydrogen-bond donors (Lipinski definition) is 5. The van der Waals surface area contributed by atoms with Crippen molar-refractivity contribution in [2.75, 3.05) is 13.1 Å². The highest BCUT2D eigenvalue weighted by Crippen LogP contribution is 2.29. The number of nitrogens with two attached hydrogens (primary N) is 1. The fourth-order valence-corrected chi connectivity index (χ4v) is 4.98. The molecule has 4 rings (SSSR count). The van der Waals surface area contributed by atoms with Gasteiger partial charge in [-0.2, -0.15) is 0 Å². The molecule has 3 aromatic carbocycles. The van der Waals surface area contributed by atoms with Crippen molar-refractivity contribution in [2.45, 2.75) is 56.2 Å². The number of rotatable bonds is 10. The summed E-state index contributed by atoms with van der Waals surface area (Å²) in [4.78, 5) is 40.1. The van der Waals surface area contributed by atoms with Gasteiger partial charge in [-0.3, -0.25) is 14.4 Å². The molecule has 0 radical (unpaired) electrons. The Morgan fingerprint density at radius 1 is 0.897 bits per heavy atom. The molecule has 0 bridgehead atoms. The Balaban J connectivity index is 0.00000420. The smallest absolute Gasteiger partial charge is 0.252 e. The summed E-state index contributed by atoms with van der Waals surface area (Å²) in [5, 5.41) is 20.6. The lowest BCUT2D eigenvalue weighted by molar-refractivity contribution is -0.133. The van der Waals surface area contributed by atoms with Gasteiger partial charge in [-0.05, 0) is 41.3 Å². The zero-order chi connectivity index (χ0) is 27.0. The maximum absolute atomic E-state index is 13.8. The van der Waals surface area contributed by atoms with Crippen molar-refractivity contribution in [2.24, 2.45) is 5.73 Å². The summed E-state index contributed by atoms with van der Waals surface area (Å²) in [6.07, 6.45) is 2.93. The minimum absolute atomic E-state index is 0. The zero-order valence-corrected chi connectivity index (χ0v) is 22.7. The van der Waals surface area contributed by atoms with Gasteiger partial charge >= 0.3 is 0 Å². The number of nitrogens with one attached hydrogen (secondary N) is 3. The van der Waals surface area contributed by atoms with E-state index in [-0.39, 0.29) is 43.7 Å². The number of aliphatic hydroxyl groups is 1. The van der Waals surface area contributed by atoms with Crippen molar-refractivity contribution in [3.05, 3.63) is 83.9 Å². The predicted octanol–water partition coefficient (Wildman–Crippen LogP) is 2.86. The Morgan fingerprint density at radius 3 is 2.26 bits per heavy atom. The van der Waals surface area contributed by atoms with Crippen LogP contribution in [0.5, 0.6) is 0 Å². The third-order valence-corrected chi connectivity index (χ3v) is 7.19. The van der Waals surface area contributed by atoms with Gasteiger partial charge < -0.3 is 26.8 Å². The molecule has 2 atom stereocenters. The predicted molar refractivity (Wildman–Crippen MR) is 155 cm³/mol. The molecule has 1 aliphatic carbocycles.